The normalized spacial score (nSPS) is 21.7. The van der Waals surface area contributed by atoms with Crippen LogP contribution >= 0.6 is 0 Å². The Bertz CT molecular complexity index is 276. The van der Waals surface area contributed by atoms with Crippen molar-refractivity contribution in [3.05, 3.63) is 0 Å². The average molecular weight is 214 g/mol. The average Bonchev–Trinajstić information content (AvgIpc) is 2.46. The number of nitrogens with one attached hydrogen (secondary N) is 1. The number of rotatable bonds is 4. The molecule has 0 bridgehead atoms. The fourth-order valence-electron chi connectivity index (χ4n) is 1.57. The summed E-state index contributed by atoms with van der Waals surface area (Å²) in [7, 11) is 0. The zero-order valence-electron chi connectivity index (χ0n) is 9.41. The number of hydrogen-bond donors (Lipinski definition) is 2. The lowest BCUT2D eigenvalue weighted by atomic mass is 9.93. The van der Waals surface area contributed by atoms with E-state index >= 15 is 0 Å². The molecule has 0 aromatic heterocycles. The molecule has 0 aliphatic carbocycles. The number of amides is 2. The van der Waals surface area contributed by atoms with Crippen LogP contribution in [-0.2, 0) is 4.79 Å². The number of carbonyl (C=O) groups excluding carboxylic acids is 1. The Morgan fingerprint density at radius 1 is 1.67 bits per heavy atom. The van der Waals surface area contributed by atoms with Crippen molar-refractivity contribution in [1.29, 1.82) is 0 Å². The van der Waals surface area contributed by atoms with E-state index in [2.05, 4.69) is 5.32 Å². The maximum Gasteiger partial charge on any atom is 0.317 e. The summed E-state index contributed by atoms with van der Waals surface area (Å²) in [5.41, 5.74) is -0.889. The van der Waals surface area contributed by atoms with Crippen LogP contribution in [-0.4, -0.2) is 41.1 Å². The molecule has 86 valence electrons. The summed E-state index contributed by atoms with van der Waals surface area (Å²) >= 11 is 0. The van der Waals surface area contributed by atoms with Crippen molar-refractivity contribution in [3.63, 3.8) is 0 Å². The molecule has 0 aromatic rings. The van der Waals surface area contributed by atoms with Crippen molar-refractivity contribution >= 4 is 12.0 Å². The quantitative estimate of drug-likeness (QED) is 0.730. The van der Waals surface area contributed by atoms with E-state index in [0.717, 1.165) is 6.42 Å². The Labute approximate surface area is 89.4 Å². The van der Waals surface area contributed by atoms with Gasteiger partial charge in [-0.1, -0.05) is 6.92 Å². The maximum absolute atomic E-state index is 11.5. The van der Waals surface area contributed by atoms with Gasteiger partial charge in [0.05, 0.1) is 5.41 Å². The number of hydrogen-bond acceptors (Lipinski definition) is 2. The molecular formula is C10H18N2O3. The number of nitrogens with zero attached hydrogens (tertiary/aromatic N) is 1. The lowest BCUT2D eigenvalue weighted by Crippen LogP contribution is -2.40. The maximum atomic E-state index is 11.5. The molecule has 5 heteroatoms. The van der Waals surface area contributed by atoms with Crippen molar-refractivity contribution in [1.82, 2.24) is 10.2 Å². The van der Waals surface area contributed by atoms with Crippen LogP contribution in [0.2, 0.25) is 0 Å². The van der Waals surface area contributed by atoms with Crippen molar-refractivity contribution in [2.24, 2.45) is 5.41 Å². The summed E-state index contributed by atoms with van der Waals surface area (Å²) < 4.78 is 0. The molecule has 1 heterocycles. The molecule has 0 radical (unpaired) electrons. The van der Waals surface area contributed by atoms with Crippen LogP contribution in [0.4, 0.5) is 4.79 Å². The Balaban J connectivity index is 2.60. The van der Waals surface area contributed by atoms with Crippen LogP contribution in [0.15, 0.2) is 0 Å². The first-order valence-electron chi connectivity index (χ1n) is 5.15. The smallest absolute Gasteiger partial charge is 0.317 e. The van der Waals surface area contributed by atoms with Gasteiger partial charge in [0.1, 0.15) is 0 Å². The molecule has 0 spiro atoms. The van der Waals surface area contributed by atoms with Gasteiger partial charge in [0.25, 0.3) is 0 Å². The Morgan fingerprint density at radius 3 is 2.67 bits per heavy atom. The van der Waals surface area contributed by atoms with E-state index in [0.29, 0.717) is 6.54 Å². The monoisotopic (exact) mass is 214 g/mol. The molecule has 5 nitrogen and oxygen atoms in total. The zero-order valence-corrected chi connectivity index (χ0v) is 9.41. The first kappa shape index (κ1) is 11.8. The SMILES string of the molecule is CCC1CN(CC(C)(C)C(=O)O)C(=O)N1. The van der Waals surface area contributed by atoms with E-state index in [9.17, 15) is 9.59 Å². The van der Waals surface area contributed by atoms with Crippen molar-refractivity contribution in [2.45, 2.75) is 33.2 Å². The molecule has 1 atom stereocenters. The van der Waals surface area contributed by atoms with Gasteiger partial charge in [-0.3, -0.25) is 4.79 Å². The second-order valence-electron chi connectivity index (χ2n) is 4.62. The molecule has 1 saturated heterocycles. The van der Waals surface area contributed by atoms with Crippen LogP contribution in [0.1, 0.15) is 27.2 Å². The highest BCUT2D eigenvalue weighted by Crippen LogP contribution is 2.19. The number of carbonyl (C=O) groups is 2. The van der Waals surface area contributed by atoms with Gasteiger partial charge < -0.3 is 15.3 Å². The van der Waals surface area contributed by atoms with E-state index < -0.39 is 11.4 Å². The summed E-state index contributed by atoms with van der Waals surface area (Å²) in [6, 6.07) is -0.00160. The number of urea groups is 1. The fourth-order valence-corrected chi connectivity index (χ4v) is 1.57. The van der Waals surface area contributed by atoms with E-state index in [1.165, 1.54) is 0 Å². The van der Waals surface area contributed by atoms with Crippen LogP contribution in [0.5, 0.6) is 0 Å². The zero-order chi connectivity index (χ0) is 11.6. The van der Waals surface area contributed by atoms with Gasteiger partial charge in [0.15, 0.2) is 0 Å². The van der Waals surface area contributed by atoms with Crippen molar-refractivity contribution in [3.8, 4) is 0 Å². The molecular weight excluding hydrogens is 196 g/mol. The van der Waals surface area contributed by atoms with Crippen LogP contribution in [0.3, 0.4) is 0 Å². The standard InChI is InChI=1S/C10H18N2O3/c1-4-7-5-12(9(15)11-7)6-10(2,3)8(13)14/h7H,4-6H2,1-3H3,(H,11,15)(H,13,14). The number of aliphatic carboxylic acids is 1. The second-order valence-corrected chi connectivity index (χ2v) is 4.62. The predicted octanol–water partition coefficient (Wildman–Crippen LogP) is 0.901. The molecule has 0 saturated carbocycles. The minimum Gasteiger partial charge on any atom is -0.481 e. The third-order valence-electron chi connectivity index (χ3n) is 2.71. The summed E-state index contributed by atoms with van der Waals surface area (Å²) in [4.78, 5) is 23.9. The first-order chi connectivity index (χ1) is 6.86. The molecule has 2 amide bonds. The lowest BCUT2D eigenvalue weighted by molar-refractivity contribution is -0.147. The van der Waals surface area contributed by atoms with Gasteiger partial charge in [0.2, 0.25) is 0 Å². The van der Waals surface area contributed by atoms with Crippen molar-refractivity contribution in [2.75, 3.05) is 13.1 Å². The molecule has 1 rings (SSSR count). The topological polar surface area (TPSA) is 69.6 Å². The molecule has 1 fully saturated rings. The molecule has 1 aliphatic heterocycles. The third kappa shape index (κ3) is 2.61. The Kier molecular flexibility index (Phi) is 3.21. The molecule has 1 unspecified atom stereocenters. The van der Waals surface area contributed by atoms with Gasteiger partial charge in [0, 0.05) is 19.1 Å². The Hall–Kier alpha value is -1.26. The highest BCUT2D eigenvalue weighted by molar-refractivity contribution is 5.79. The number of carboxylic acids is 1. The fraction of sp³-hybridized carbons (Fsp3) is 0.800. The van der Waals surface area contributed by atoms with Gasteiger partial charge in [-0.05, 0) is 20.3 Å². The van der Waals surface area contributed by atoms with Crippen LogP contribution < -0.4 is 5.32 Å². The minimum atomic E-state index is -0.889. The van der Waals surface area contributed by atoms with Gasteiger partial charge in [-0.25, -0.2) is 4.79 Å². The van der Waals surface area contributed by atoms with Crippen LogP contribution in [0.25, 0.3) is 0 Å². The van der Waals surface area contributed by atoms with E-state index in [-0.39, 0.29) is 18.6 Å². The molecule has 1 aliphatic rings. The lowest BCUT2D eigenvalue weighted by Gasteiger charge is -2.25. The Morgan fingerprint density at radius 2 is 2.27 bits per heavy atom. The second kappa shape index (κ2) is 4.08. The van der Waals surface area contributed by atoms with E-state index in [4.69, 9.17) is 5.11 Å². The summed E-state index contributed by atoms with van der Waals surface area (Å²) in [5, 5.41) is 11.8. The van der Waals surface area contributed by atoms with E-state index in [1.54, 1.807) is 18.7 Å². The summed E-state index contributed by atoms with van der Waals surface area (Å²) in [6.45, 7) is 6.11. The van der Waals surface area contributed by atoms with Gasteiger partial charge in [-0.15, -0.1) is 0 Å². The minimum absolute atomic E-state index is 0.155. The van der Waals surface area contributed by atoms with Gasteiger partial charge in [-0.2, -0.15) is 0 Å². The number of carboxylic acid groups (broad SMARTS) is 1. The first-order valence-corrected chi connectivity index (χ1v) is 5.15. The molecule has 2 N–H and O–H groups in total. The summed E-state index contributed by atoms with van der Waals surface area (Å²) in [6.07, 6.45) is 0.871. The predicted molar refractivity (Wildman–Crippen MR) is 55.6 cm³/mol. The highest BCUT2D eigenvalue weighted by Gasteiger charge is 2.35. The highest BCUT2D eigenvalue weighted by atomic mass is 16.4. The van der Waals surface area contributed by atoms with Crippen molar-refractivity contribution < 1.29 is 14.7 Å². The molecule has 0 aromatic carbocycles. The van der Waals surface area contributed by atoms with E-state index in [1.807, 2.05) is 6.92 Å². The molecule has 15 heavy (non-hydrogen) atoms. The largest absolute Gasteiger partial charge is 0.481 e. The third-order valence-corrected chi connectivity index (χ3v) is 2.71. The van der Waals surface area contributed by atoms with Crippen LogP contribution in [0, 0.1) is 5.41 Å². The van der Waals surface area contributed by atoms with Gasteiger partial charge >= 0.3 is 12.0 Å². The summed E-state index contributed by atoms with van der Waals surface area (Å²) in [5.74, 6) is -0.879.